The van der Waals surface area contributed by atoms with Crippen LogP contribution in [0.25, 0.3) is 11.3 Å². The number of hydrogen-bond donors (Lipinski definition) is 1. The third kappa shape index (κ3) is 3.49. The molecule has 6 nitrogen and oxygen atoms in total. The van der Waals surface area contributed by atoms with Crippen molar-refractivity contribution >= 4 is 5.91 Å². The summed E-state index contributed by atoms with van der Waals surface area (Å²) in [6, 6.07) is 8.13. The highest BCUT2D eigenvalue weighted by Gasteiger charge is 2.32. The summed E-state index contributed by atoms with van der Waals surface area (Å²) in [5, 5.41) is 11.1. The van der Waals surface area contributed by atoms with Gasteiger partial charge in [-0.1, -0.05) is 23.4 Å². The van der Waals surface area contributed by atoms with Gasteiger partial charge in [0.15, 0.2) is 5.76 Å². The van der Waals surface area contributed by atoms with Gasteiger partial charge in [-0.3, -0.25) is 9.89 Å². The number of H-pyrrole nitrogens is 1. The number of nitrogens with one attached hydrogen (secondary N) is 1. The van der Waals surface area contributed by atoms with E-state index in [1.807, 2.05) is 17.9 Å². The van der Waals surface area contributed by atoms with Crippen molar-refractivity contribution in [3.8, 4) is 11.3 Å². The van der Waals surface area contributed by atoms with Gasteiger partial charge in [-0.15, -0.1) is 0 Å². The summed E-state index contributed by atoms with van der Waals surface area (Å²) in [5.74, 6) is 0.196. The van der Waals surface area contributed by atoms with Crippen molar-refractivity contribution in [2.45, 2.75) is 38.6 Å². The van der Waals surface area contributed by atoms with Gasteiger partial charge in [0, 0.05) is 12.6 Å². The first-order valence-electron chi connectivity index (χ1n) is 9.13. The molecule has 7 heteroatoms. The monoisotopic (exact) mass is 368 g/mol. The lowest BCUT2D eigenvalue weighted by atomic mass is 9.95. The molecule has 2 aromatic heterocycles. The molecule has 27 heavy (non-hydrogen) atoms. The molecule has 1 atom stereocenters. The van der Waals surface area contributed by atoms with E-state index < -0.39 is 0 Å². The summed E-state index contributed by atoms with van der Waals surface area (Å²) >= 11 is 0. The fraction of sp³-hybridized carbons (Fsp3) is 0.350. The number of amides is 1. The first-order chi connectivity index (χ1) is 13.1. The van der Waals surface area contributed by atoms with Gasteiger partial charge in [-0.05, 0) is 37.8 Å². The van der Waals surface area contributed by atoms with Crippen molar-refractivity contribution in [2.24, 2.45) is 0 Å². The highest BCUT2D eigenvalue weighted by atomic mass is 19.1. The second-order valence-electron chi connectivity index (χ2n) is 6.90. The molecule has 0 bridgehead atoms. The van der Waals surface area contributed by atoms with E-state index in [4.69, 9.17) is 4.52 Å². The number of benzene rings is 1. The summed E-state index contributed by atoms with van der Waals surface area (Å²) in [4.78, 5) is 14.8. The van der Waals surface area contributed by atoms with E-state index in [1.54, 1.807) is 24.4 Å². The average molecular weight is 368 g/mol. The average Bonchev–Trinajstić information content (AvgIpc) is 3.32. The van der Waals surface area contributed by atoms with Crippen LogP contribution in [0.5, 0.6) is 0 Å². The van der Waals surface area contributed by atoms with Crippen molar-refractivity contribution in [1.29, 1.82) is 0 Å². The Balaban J connectivity index is 1.61. The van der Waals surface area contributed by atoms with E-state index in [9.17, 15) is 9.18 Å². The van der Waals surface area contributed by atoms with Crippen LogP contribution < -0.4 is 0 Å². The fourth-order valence-electron chi connectivity index (χ4n) is 3.67. The lowest BCUT2D eigenvalue weighted by Crippen LogP contribution is -2.39. The number of aryl methyl sites for hydroxylation is 1. The first kappa shape index (κ1) is 17.5. The van der Waals surface area contributed by atoms with Crippen molar-refractivity contribution in [3.05, 3.63) is 59.3 Å². The first-order valence-corrected chi connectivity index (χ1v) is 9.13. The lowest BCUT2D eigenvalue weighted by molar-refractivity contribution is -0.134. The summed E-state index contributed by atoms with van der Waals surface area (Å²) < 4.78 is 19.4. The summed E-state index contributed by atoms with van der Waals surface area (Å²) in [6.45, 7) is 2.50. The molecule has 1 amide bonds. The van der Waals surface area contributed by atoms with Gasteiger partial charge in [0.1, 0.15) is 5.82 Å². The Morgan fingerprint density at radius 1 is 1.37 bits per heavy atom. The van der Waals surface area contributed by atoms with Crippen LogP contribution in [-0.4, -0.2) is 32.7 Å². The number of likely N-dealkylation sites (tertiary alicyclic amines) is 1. The molecule has 0 unspecified atom stereocenters. The number of carbonyl (C=O) groups excluding carboxylic acids is 1. The molecule has 1 aliphatic heterocycles. The topological polar surface area (TPSA) is 75.0 Å². The van der Waals surface area contributed by atoms with Gasteiger partial charge in [0.25, 0.3) is 0 Å². The zero-order chi connectivity index (χ0) is 18.8. The highest BCUT2D eigenvalue weighted by Crippen LogP contribution is 2.36. The van der Waals surface area contributed by atoms with E-state index in [0.717, 1.165) is 36.2 Å². The van der Waals surface area contributed by atoms with Crippen LogP contribution in [0.1, 0.15) is 42.3 Å². The third-order valence-corrected chi connectivity index (χ3v) is 5.02. The Morgan fingerprint density at radius 3 is 3.00 bits per heavy atom. The Labute approximate surface area is 156 Å². The van der Waals surface area contributed by atoms with Gasteiger partial charge in [0.2, 0.25) is 5.91 Å². The lowest BCUT2D eigenvalue weighted by Gasteiger charge is -2.35. The fourth-order valence-corrected chi connectivity index (χ4v) is 3.67. The van der Waals surface area contributed by atoms with Gasteiger partial charge in [-0.2, -0.15) is 5.10 Å². The van der Waals surface area contributed by atoms with E-state index in [-0.39, 0.29) is 24.2 Å². The molecule has 1 saturated heterocycles. The predicted molar refractivity (Wildman–Crippen MR) is 97.2 cm³/mol. The molecule has 1 fully saturated rings. The molecule has 1 aromatic carbocycles. The number of aromatic amines is 1. The molecule has 1 aliphatic rings. The smallest absolute Gasteiger partial charge is 0.227 e. The standard InChI is InChI=1S/C20H21FN4O2/c1-13-10-18(27-24-13)15-12-22-23-20(15)17-8-4-5-9-25(17)19(26)11-14-6-2-3-7-16(14)21/h2-3,6-7,10,12,17H,4-5,8-9,11H2,1H3,(H,22,23)/t17-/m0/s1. The molecule has 140 valence electrons. The number of piperidine rings is 1. The van der Waals surface area contributed by atoms with Crippen LogP contribution in [0.4, 0.5) is 4.39 Å². The van der Waals surface area contributed by atoms with Gasteiger partial charge >= 0.3 is 0 Å². The molecule has 0 radical (unpaired) electrons. The second-order valence-corrected chi connectivity index (χ2v) is 6.90. The summed E-state index contributed by atoms with van der Waals surface area (Å²) in [7, 11) is 0. The number of hydrogen-bond acceptors (Lipinski definition) is 4. The second kappa shape index (κ2) is 7.34. The molecular formula is C20H21FN4O2. The van der Waals surface area contributed by atoms with Crippen LogP contribution >= 0.6 is 0 Å². The maximum atomic E-state index is 14.0. The molecule has 3 aromatic rings. The Morgan fingerprint density at radius 2 is 2.22 bits per heavy atom. The maximum absolute atomic E-state index is 14.0. The number of halogens is 1. The normalized spacial score (nSPS) is 17.3. The number of rotatable bonds is 4. The summed E-state index contributed by atoms with van der Waals surface area (Å²) in [5.41, 5.74) is 2.86. The molecule has 0 saturated carbocycles. The van der Waals surface area contributed by atoms with Crippen LogP contribution in [0.15, 0.2) is 41.1 Å². The van der Waals surface area contributed by atoms with Crippen LogP contribution in [-0.2, 0) is 11.2 Å². The molecule has 4 rings (SSSR count). The quantitative estimate of drug-likeness (QED) is 0.760. The van der Waals surface area contributed by atoms with E-state index >= 15 is 0 Å². The van der Waals surface area contributed by atoms with E-state index in [2.05, 4.69) is 15.4 Å². The Hall–Kier alpha value is -2.96. The minimum absolute atomic E-state index is 0.0497. The Kier molecular flexibility index (Phi) is 4.75. The number of carbonyl (C=O) groups is 1. The van der Waals surface area contributed by atoms with E-state index in [0.29, 0.717) is 17.9 Å². The van der Waals surface area contributed by atoms with Crippen molar-refractivity contribution < 1.29 is 13.7 Å². The summed E-state index contributed by atoms with van der Waals surface area (Å²) in [6.07, 6.45) is 4.52. The van der Waals surface area contributed by atoms with Crippen molar-refractivity contribution in [2.75, 3.05) is 6.54 Å². The van der Waals surface area contributed by atoms with Gasteiger partial charge in [-0.25, -0.2) is 4.39 Å². The third-order valence-electron chi connectivity index (χ3n) is 5.02. The van der Waals surface area contributed by atoms with Gasteiger partial charge < -0.3 is 9.42 Å². The molecule has 0 spiro atoms. The van der Waals surface area contributed by atoms with Crippen molar-refractivity contribution in [1.82, 2.24) is 20.3 Å². The van der Waals surface area contributed by atoms with Crippen LogP contribution in [0.3, 0.4) is 0 Å². The SMILES string of the molecule is Cc1cc(-c2cn[nH]c2[C@@H]2CCCCN2C(=O)Cc2ccccc2F)on1. The largest absolute Gasteiger partial charge is 0.356 e. The maximum Gasteiger partial charge on any atom is 0.227 e. The zero-order valence-electron chi connectivity index (χ0n) is 15.1. The van der Waals surface area contributed by atoms with Crippen LogP contribution in [0.2, 0.25) is 0 Å². The number of aromatic nitrogens is 3. The number of nitrogens with zero attached hydrogens (tertiary/aromatic N) is 3. The Bertz CT molecular complexity index is 949. The zero-order valence-corrected chi connectivity index (χ0v) is 15.1. The predicted octanol–water partition coefficient (Wildman–Crippen LogP) is 3.81. The van der Waals surface area contributed by atoms with Crippen LogP contribution in [0, 0.1) is 12.7 Å². The van der Waals surface area contributed by atoms with Crippen molar-refractivity contribution in [3.63, 3.8) is 0 Å². The minimum Gasteiger partial charge on any atom is -0.356 e. The molecular weight excluding hydrogens is 347 g/mol. The molecule has 1 N–H and O–H groups in total. The van der Waals surface area contributed by atoms with E-state index in [1.165, 1.54) is 6.07 Å². The van der Waals surface area contributed by atoms with Gasteiger partial charge in [0.05, 0.1) is 35.6 Å². The molecule has 0 aliphatic carbocycles. The molecule has 3 heterocycles. The highest BCUT2D eigenvalue weighted by molar-refractivity contribution is 5.79. The minimum atomic E-state index is -0.348.